The Bertz CT molecular complexity index is 1140. The molecule has 0 spiro atoms. The number of anilines is 1. The third kappa shape index (κ3) is 6.65. The molecule has 3 aromatic carbocycles. The summed E-state index contributed by atoms with van der Waals surface area (Å²) in [6.07, 6.45) is 0. The van der Waals surface area contributed by atoms with Crippen molar-refractivity contribution < 1.29 is 18.3 Å². The number of aryl methyl sites for hydroxylation is 1. The van der Waals surface area contributed by atoms with Crippen molar-refractivity contribution in [3.63, 3.8) is 0 Å². The summed E-state index contributed by atoms with van der Waals surface area (Å²) in [7, 11) is 0. The van der Waals surface area contributed by atoms with E-state index in [1.54, 1.807) is 55.5 Å². The lowest BCUT2D eigenvalue weighted by Crippen LogP contribution is -2.43. The minimum absolute atomic E-state index is 0.150. The van der Waals surface area contributed by atoms with Crippen LogP contribution in [0.25, 0.3) is 0 Å². The van der Waals surface area contributed by atoms with Gasteiger partial charge in [-0.1, -0.05) is 29.8 Å². The van der Waals surface area contributed by atoms with Gasteiger partial charge in [0, 0.05) is 29.1 Å². The number of amides is 1. The maximum absolute atomic E-state index is 12.5. The Morgan fingerprint density at radius 2 is 1.73 bits per heavy atom. The molecule has 0 fully saturated rings. The first-order valence-electron chi connectivity index (χ1n) is 10.3. The lowest BCUT2D eigenvalue weighted by molar-refractivity contribution is 0.0952. The van der Waals surface area contributed by atoms with Crippen molar-refractivity contribution in [3.8, 4) is 11.8 Å². The van der Waals surface area contributed by atoms with Crippen LogP contribution in [0.2, 0.25) is 0 Å². The van der Waals surface area contributed by atoms with Gasteiger partial charge in [0.15, 0.2) is 0 Å². The Hall–Kier alpha value is -3.67. The molecular formula is C25H24N3O4S-. The fourth-order valence-corrected chi connectivity index (χ4v) is 3.81. The van der Waals surface area contributed by atoms with E-state index in [0.717, 1.165) is 11.1 Å². The smallest absolute Gasteiger partial charge is 0.251 e. The van der Waals surface area contributed by atoms with Crippen LogP contribution < -0.4 is 14.4 Å². The number of hydrogen-bond donors (Lipinski definition) is 1. The van der Waals surface area contributed by atoms with Crippen LogP contribution in [-0.2, 0) is 17.9 Å². The number of hydrogen-bond acceptors (Lipinski definition) is 5. The van der Waals surface area contributed by atoms with E-state index < -0.39 is 17.3 Å². The summed E-state index contributed by atoms with van der Waals surface area (Å²) in [5.74, 6) is 0.303. The van der Waals surface area contributed by atoms with E-state index >= 15 is 0 Å². The van der Waals surface area contributed by atoms with E-state index in [9.17, 15) is 13.6 Å². The highest BCUT2D eigenvalue weighted by Crippen LogP contribution is 2.19. The molecule has 0 aliphatic heterocycles. The topological polar surface area (TPSA) is 105 Å². The van der Waals surface area contributed by atoms with Crippen molar-refractivity contribution in [2.45, 2.75) is 26.5 Å². The first-order valence-corrected chi connectivity index (χ1v) is 11.4. The van der Waals surface area contributed by atoms with Gasteiger partial charge in [-0.3, -0.25) is 13.3 Å². The molecule has 0 aliphatic carbocycles. The Morgan fingerprint density at radius 1 is 1.09 bits per heavy atom. The van der Waals surface area contributed by atoms with Gasteiger partial charge in [0.2, 0.25) is 0 Å². The molecule has 2 atom stereocenters. The van der Waals surface area contributed by atoms with Crippen molar-refractivity contribution in [2.24, 2.45) is 0 Å². The van der Waals surface area contributed by atoms with Crippen molar-refractivity contribution >= 4 is 22.9 Å². The number of nitrogens with one attached hydrogen (secondary N) is 1. The molecule has 8 heteroatoms. The third-order valence-corrected chi connectivity index (χ3v) is 5.90. The molecule has 2 unspecified atom stereocenters. The van der Waals surface area contributed by atoms with E-state index in [-0.39, 0.29) is 12.5 Å². The maximum atomic E-state index is 12.5. The Kier molecular flexibility index (Phi) is 8.19. The van der Waals surface area contributed by atoms with Crippen molar-refractivity contribution in [2.75, 3.05) is 10.8 Å². The molecule has 3 rings (SSSR count). The van der Waals surface area contributed by atoms with Crippen LogP contribution in [0.3, 0.4) is 0 Å². The summed E-state index contributed by atoms with van der Waals surface area (Å²) >= 11 is -2.47. The van der Waals surface area contributed by atoms with Gasteiger partial charge in [-0.2, -0.15) is 5.26 Å². The van der Waals surface area contributed by atoms with Crippen molar-refractivity contribution in [1.82, 2.24) is 5.32 Å². The Labute approximate surface area is 196 Å². The zero-order valence-electron chi connectivity index (χ0n) is 18.4. The van der Waals surface area contributed by atoms with Gasteiger partial charge in [0.05, 0.1) is 17.7 Å². The highest BCUT2D eigenvalue weighted by molar-refractivity contribution is 7.80. The van der Waals surface area contributed by atoms with Crippen LogP contribution >= 0.6 is 0 Å². The molecule has 0 radical (unpaired) electrons. The Morgan fingerprint density at radius 3 is 2.30 bits per heavy atom. The summed E-state index contributed by atoms with van der Waals surface area (Å²) in [6.45, 7) is 4.15. The molecule has 1 amide bonds. The molecule has 0 aromatic heterocycles. The van der Waals surface area contributed by atoms with E-state index in [1.165, 1.54) is 4.31 Å². The normalized spacial score (nSPS) is 12.3. The fourth-order valence-electron chi connectivity index (χ4n) is 3.15. The molecule has 170 valence electrons. The van der Waals surface area contributed by atoms with Crippen LogP contribution in [0.1, 0.15) is 34.0 Å². The second kappa shape index (κ2) is 11.3. The molecule has 0 saturated carbocycles. The predicted molar refractivity (Wildman–Crippen MR) is 126 cm³/mol. The number of ether oxygens (including phenoxy) is 1. The second-order valence-electron chi connectivity index (χ2n) is 7.56. The first kappa shape index (κ1) is 24.0. The van der Waals surface area contributed by atoms with E-state index in [2.05, 4.69) is 11.4 Å². The molecule has 0 heterocycles. The molecule has 0 saturated heterocycles. The summed E-state index contributed by atoms with van der Waals surface area (Å²) in [5.41, 5.74) is 3.53. The highest BCUT2D eigenvalue weighted by atomic mass is 32.2. The average molecular weight is 463 g/mol. The van der Waals surface area contributed by atoms with E-state index in [1.807, 2.05) is 31.2 Å². The van der Waals surface area contributed by atoms with E-state index in [0.29, 0.717) is 29.2 Å². The molecule has 3 aromatic rings. The fraction of sp³-hybridized carbons (Fsp3) is 0.200. The van der Waals surface area contributed by atoms with Crippen LogP contribution in [0.5, 0.6) is 5.75 Å². The third-order valence-electron chi connectivity index (χ3n) is 5.01. The number of nitrogens with zero attached hydrogens (tertiary/aromatic N) is 2. The molecular weight excluding hydrogens is 438 g/mol. The number of carbonyl (C=O) groups excluding carboxylic acids is 1. The van der Waals surface area contributed by atoms with Crippen LogP contribution in [0.4, 0.5) is 5.69 Å². The maximum Gasteiger partial charge on any atom is 0.251 e. The van der Waals surface area contributed by atoms with E-state index in [4.69, 9.17) is 10.00 Å². The van der Waals surface area contributed by atoms with Crippen LogP contribution in [0, 0.1) is 18.3 Å². The van der Waals surface area contributed by atoms with Crippen molar-refractivity contribution in [3.05, 3.63) is 95.1 Å². The van der Waals surface area contributed by atoms with Gasteiger partial charge in [0.25, 0.3) is 5.91 Å². The van der Waals surface area contributed by atoms with Crippen molar-refractivity contribution in [1.29, 1.82) is 5.26 Å². The number of carbonyl (C=O) groups is 1. The minimum atomic E-state index is -2.47. The van der Waals surface area contributed by atoms with Gasteiger partial charge in [-0.05, 0) is 67.9 Å². The summed E-state index contributed by atoms with van der Waals surface area (Å²) < 4.78 is 30.5. The second-order valence-corrected chi connectivity index (χ2v) is 8.39. The number of benzene rings is 3. The molecule has 33 heavy (non-hydrogen) atoms. The zero-order chi connectivity index (χ0) is 23.8. The summed E-state index contributed by atoms with van der Waals surface area (Å²) in [5, 5.41) is 11.6. The molecule has 0 aliphatic rings. The van der Waals surface area contributed by atoms with Gasteiger partial charge in [-0.25, -0.2) is 0 Å². The predicted octanol–water partition coefficient (Wildman–Crippen LogP) is 3.86. The van der Waals surface area contributed by atoms with Crippen LogP contribution in [-0.4, -0.2) is 27.3 Å². The average Bonchev–Trinajstić information content (AvgIpc) is 2.83. The summed E-state index contributed by atoms with van der Waals surface area (Å²) in [4.78, 5) is 12.5. The number of nitriles is 1. The highest BCUT2D eigenvalue weighted by Gasteiger charge is 2.17. The SMILES string of the molecule is Cc1ccc(N(C(C)CNC(=O)c2ccc(OCc3ccc(C#N)cc3)cc2)S(=O)[O-])cc1. The molecule has 1 N–H and O–H groups in total. The summed E-state index contributed by atoms with van der Waals surface area (Å²) in [6, 6.07) is 22.6. The molecule has 7 nitrogen and oxygen atoms in total. The molecule has 0 bridgehead atoms. The Balaban J connectivity index is 1.54. The number of rotatable bonds is 9. The quantitative estimate of drug-likeness (QED) is 0.486. The first-order chi connectivity index (χ1) is 15.9. The zero-order valence-corrected chi connectivity index (χ0v) is 19.2. The lowest BCUT2D eigenvalue weighted by atomic mass is 10.1. The standard InChI is InChI=1S/C25H25N3O4S/c1-18-3-11-23(12-4-18)28(33(30)31)19(2)16-27-25(29)22-9-13-24(14-10-22)32-17-21-7-5-20(15-26)6-8-21/h3-14,19H,16-17H2,1-2H3,(H,27,29)(H,30,31)/p-1. The minimum Gasteiger partial charge on any atom is -0.755 e. The lowest BCUT2D eigenvalue weighted by Gasteiger charge is -2.32. The van der Waals surface area contributed by atoms with Gasteiger partial charge >= 0.3 is 0 Å². The largest absolute Gasteiger partial charge is 0.755 e. The van der Waals surface area contributed by atoms with Crippen LogP contribution in [0.15, 0.2) is 72.8 Å². The van der Waals surface area contributed by atoms with Gasteiger partial charge < -0.3 is 14.6 Å². The van der Waals surface area contributed by atoms with Gasteiger partial charge in [-0.15, -0.1) is 0 Å². The monoisotopic (exact) mass is 462 g/mol. The van der Waals surface area contributed by atoms with Gasteiger partial charge in [0.1, 0.15) is 12.4 Å².